The Balaban J connectivity index is 1.56. The number of halogens is 3. The molecule has 2 saturated heterocycles. The molecule has 0 saturated carbocycles. The average molecular weight is 492 g/mol. The molecule has 184 valence electrons. The molecule has 4 aromatic rings. The quantitative estimate of drug-likeness (QED) is 0.410. The van der Waals surface area contributed by atoms with Crippen LogP contribution in [-0.4, -0.2) is 48.5 Å². The van der Waals surface area contributed by atoms with Crippen LogP contribution in [0.1, 0.15) is 6.42 Å². The Morgan fingerprint density at radius 1 is 0.972 bits per heavy atom. The second kappa shape index (κ2) is 9.11. The predicted molar refractivity (Wildman–Crippen MR) is 133 cm³/mol. The zero-order chi connectivity index (χ0) is 24.8. The first-order valence-corrected chi connectivity index (χ1v) is 11.9. The van der Waals surface area contributed by atoms with Gasteiger partial charge < -0.3 is 20.1 Å². The van der Waals surface area contributed by atoms with E-state index in [0.29, 0.717) is 47.5 Å². The summed E-state index contributed by atoms with van der Waals surface area (Å²) in [7, 11) is 0. The normalized spacial score (nSPS) is 19.9. The van der Waals surface area contributed by atoms with E-state index >= 15 is 0 Å². The molecule has 2 unspecified atom stereocenters. The highest BCUT2D eigenvalue weighted by Gasteiger charge is 2.33. The Kier molecular flexibility index (Phi) is 5.78. The molecule has 0 bridgehead atoms. The largest absolute Gasteiger partial charge is 0.504 e. The highest BCUT2D eigenvalue weighted by atomic mass is 19.1. The van der Waals surface area contributed by atoms with Crippen LogP contribution < -0.4 is 10.2 Å². The van der Waals surface area contributed by atoms with Gasteiger partial charge in [0.05, 0.1) is 23.9 Å². The number of benzene rings is 3. The van der Waals surface area contributed by atoms with Crippen LogP contribution in [0.2, 0.25) is 0 Å². The molecule has 1 aromatic heterocycles. The Bertz CT molecular complexity index is 1440. The van der Waals surface area contributed by atoms with E-state index in [9.17, 15) is 18.3 Å². The fourth-order valence-electron chi connectivity index (χ4n) is 5.33. The van der Waals surface area contributed by atoms with Crippen LogP contribution in [0.15, 0.2) is 60.8 Å². The summed E-state index contributed by atoms with van der Waals surface area (Å²) in [6.07, 6.45) is 2.45. The van der Waals surface area contributed by atoms with E-state index in [0.717, 1.165) is 30.1 Å². The fourth-order valence-corrected chi connectivity index (χ4v) is 5.33. The van der Waals surface area contributed by atoms with Gasteiger partial charge >= 0.3 is 0 Å². The first kappa shape index (κ1) is 22.8. The van der Waals surface area contributed by atoms with Gasteiger partial charge in [0, 0.05) is 54.5 Å². The number of phenolic OH excluding ortho intramolecular Hbond substituents is 1. The molecule has 2 N–H and O–H groups in total. The third kappa shape index (κ3) is 4.06. The summed E-state index contributed by atoms with van der Waals surface area (Å²) in [6.45, 7) is 2.73. The van der Waals surface area contributed by atoms with E-state index in [-0.39, 0.29) is 12.1 Å². The highest BCUT2D eigenvalue weighted by molar-refractivity contribution is 6.02. The van der Waals surface area contributed by atoms with E-state index < -0.39 is 23.2 Å². The van der Waals surface area contributed by atoms with Gasteiger partial charge in [-0.1, -0.05) is 18.2 Å². The van der Waals surface area contributed by atoms with Gasteiger partial charge in [-0.3, -0.25) is 4.98 Å². The number of hydrogen-bond donors (Lipinski definition) is 2. The van der Waals surface area contributed by atoms with Gasteiger partial charge in [0.25, 0.3) is 0 Å². The average Bonchev–Trinajstić information content (AvgIpc) is 2.88. The van der Waals surface area contributed by atoms with Crippen molar-refractivity contribution in [3.63, 3.8) is 0 Å². The number of nitrogens with zero attached hydrogens (tertiary/aromatic N) is 2. The number of fused-ring (bicyclic) bond motifs is 2. The number of anilines is 1. The standard InChI is InChI=1S/C28H24F3N3O2/c29-18-10-17(11-19(30)13-18)22-14-33-24-5-4-16(20-2-1-3-23(31)28(20)35)12-21(24)27(22)34-8-6-25-26(15-34)36-9-7-32-25/h1-5,10-14,25-26,32,35H,6-9,15H2. The van der Waals surface area contributed by atoms with Crippen LogP contribution in [0.4, 0.5) is 18.9 Å². The number of para-hydroxylation sites is 1. The van der Waals surface area contributed by atoms with Crippen molar-refractivity contribution in [3.8, 4) is 28.0 Å². The molecular formula is C28H24F3N3O2. The zero-order valence-corrected chi connectivity index (χ0v) is 19.3. The third-order valence-corrected chi connectivity index (χ3v) is 7.03. The minimum absolute atomic E-state index is 0.0248. The van der Waals surface area contributed by atoms with Crippen molar-refractivity contribution in [3.05, 3.63) is 78.2 Å². The van der Waals surface area contributed by atoms with Crippen molar-refractivity contribution in [1.82, 2.24) is 10.3 Å². The smallest absolute Gasteiger partial charge is 0.165 e. The van der Waals surface area contributed by atoms with Crippen molar-refractivity contribution in [2.45, 2.75) is 18.6 Å². The van der Waals surface area contributed by atoms with Gasteiger partial charge in [0.1, 0.15) is 11.6 Å². The number of pyridine rings is 1. The number of nitrogens with one attached hydrogen (secondary N) is 1. The molecule has 6 rings (SSSR count). The Hall–Kier alpha value is -3.62. The Morgan fingerprint density at radius 3 is 2.64 bits per heavy atom. The summed E-state index contributed by atoms with van der Waals surface area (Å²) in [5.41, 5.74) is 3.37. The first-order chi connectivity index (χ1) is 17.5. The molecule has 3 heterocycles. The minimum atomic E-state index is -0.709. The first-order valence-electron chi connectivity index (χ1n) is 11.9. The van der Waals surface area contributed by atoms with Crippen molar-refractivity contribution < 1.29 is 23.0 Å². The summed E-state index contributed by atoms with van der Waals surface area (Å²) >= 11 is 0. The monoisotopic (exact) mass is 491 g/mol. The van der Waals surface area contributed by atoms with Gasteiger partial charge in [-0.15, -0.1) is 0 Å². The molecule has 2 aliphatic heterocycles. The number of piperidine rings is 1. The number of rotatable bonds is 3. The summed E-state index contributed by atoms with van der Waals surface area (Å²) in [6, 6.07) is 13.5. The van der Waals surface area contributed by atoms with E-state index in [2.05, 4.69) is 15.2 Å². The maximum atomic E-state index is 14.2. The summed E-state index contributed by atoms with van der Waals surface area (Å²) in [5.74, 6) is -2.49. The molecule has 2 fully saturated rings. The lowest BCUT2D eigenvalue weighted by Crippen LogP contribution is -2.57. The maximum absolute atomic E-state index is 14.2. The molecule has 3 aromatic carbocycles. The van der Waals surface area contributed by atoms with Crippen molar-refractivity contribution in [2.75, 3.05) is 31.1 Å². The van der Waals surface area contributed by atoms with Crippen LogP contribution in [-0.2, 0) is 4.74 Å². The highest BCUT2D eigenvalue weighted by Crippen LogP contribution is 2.41. The lowest BCUT2D eigenvalue weighted by molar-refractivity contribution is -0.00896. The maximum Gasteiger partial charge on any atom is 0.165 e. The second-order valence-corrected chi connectivity index (χ2v) is 9.25. The number of ether oxygens (including phenoxy) is 1. The Morgan fingerprint density at radius 2 is 1.81 bits per heavy atom. The number of hydrogen-bond acceptors (Lipinski definition) is 5. The van der Waals surface area contributed by atoms with Crippen LogP contribution in [0.25, 0.3) is 33.2 Å². The van der Waals surface area contributed by atoms with Crippen molar-refractivity contribution in [2.24, 2.45) is 0 Å². The summed E-state index contributed by atoms with van der Waals surface area (Å²) in [4.78, 5) is 6.75. The van der Waals surface area contributed by atoms with Gasteiger partial charge in [-0.2, -0.15) is 0 Å². The molecule has 0 spiro atoms. The Labute approximate surface area is 206 Å². The number of aromatic hydroxyl groups is 1. The van der Waals surface area contributed by atoms with Gasteiger partial charge in [0.2, 0.25) is 0 Å². The molecule has 2 atom stereocenters. The molecule has 0 aliphatic carbocycles. The van der Waals surface area contributed by atoms with Crippen molar-refractivity contribution >= 4 is 16.6 Å². The molecule has 5 nitrogen and oxygen atoms in total. The van der Waals surface area contributed by atoms with Crippen LogP contribution >= 0.6 is 0 Å². The molecule has 36 heavy (non-hydrogen) atoms. The van der Waals surface area contributed by atoms with Gasteiger partial charge in [-0.25, -0.2) is 13.2 Å². The van der Waals surface area contributed by atoms with E-state index in [1.165, 1.54) is 24.3 Å². The van der Waals surface area contributed by atoms with Crippen LogP contribution in [0.3, 0.4) is 0 Å². The molecule has 0 amide bonds. The topological polar surface area (TPSA) is 57.6 Å². The van der Waals surface area contributed by atoms with E-state index in [4.69, 9.17) is 4.74 Å². The molecular weight excluding hydrogens is 467 g/mol. The summed E-state index contributed by atoms with van der Waals surface area (Å²) < 4.78 is 48.6. The molecule has 0 radical (unpaired) electrons. The van der Waals surface area contributed by atoms with E-state index in [1.54, 1.807) is 24.4 Å². The number of phenols is 1. The van der Waals surface area contributed by atoms with Gasteiger partial charge in [-0.05, 0) is 47.9 Å². The second-order valence-electron chi connectivity index (χ2n) is 9.25. The third-order valence-electron chi connectivity index (χ3n) is 7.03. The van der Waals surface area contributed by atoms with Crippen molar-refractivity contribution in [1.29, 1.82) is 0 Å². The lowest BCUT2D eigenvalue weighted by Gasteiger charge is -2.43. The number of aromatic nitrogens is 1. The van der Waals surface area contributed by atoms with Crippen LogP contribution in [0, 0.1) is 17.5 Å². The van der Waals surface area contributed by atoms with E-state index in [1.807, 2.05) is 6.07 Å². The molecule has 8 heteroatoms. The molecule has 2 aliphatic rings. The SMILES string of the molecule is Oc1c(F)cccc1-c1ccc2ncc(-c3cc(F)cc(F)c3)c(N3CCC4NCCOC4C3)c2c1. The number of morpholine rings is 1. The lowest BCUT2D eigenvalue weighted by atomic mass is 9.94. The predicted octanol–water partition coefficient (Wildman–Crippen LogP) is 5.26. The fraction of sp³-hybridized carbons (Fsp3) is 0.250. The summed E-state index contributed by atoms with van der Waals surface area (Å²) in [5, 5.41) is 14.6. The minimum Gasteiger partial charge on any atom is -0.504 e. The zero-order valence-electron chi connectivity index (χ0n) is 19.3. The van der Waals surface area contributed by atoms with Crippen LogP contribution in [0.5, 0.6) is 5.75 Å². The van der Waals surface area contributed by atoms with Gasteiger partial charge in [0.15, 0.2) is 11.6 Å².